The Bertz CT molecular complexity index is 176. The van der Waals surface area contributed by atoms with Crippen LogP contribution in [-0.2, 0) is 18.8 Å². The van der Waals surface area contributed by atoms with E-state index >= 15 is 0 Å². The second-order valence-corrected chi connectivity index (χ2v) is 3.42. The number of rotatable bonds is 2. The van der Waals surface area contributed by atoms with Crippen molar-refractivity contribution in [3.8, 4) is 0 Å². The third-order valence-corrected chi connectivity index (χ3v) is 2.54. The zero-order valence-electron chi connectivity index (χ0n) is 8.06. The number of fused-ring (bicyclic) bond motifs is 1. The molecule has 3 atom stereocenters. The number of ether oxygens (including phenoxy) is 2. The van der Waals surface area contributed by atoms with Gasteiger partial charge in [-0.25, -0.2) is 0 Å². The fourth-order valence-corrected chi connectivity index (χ4v) is 1.77. The van der Waals surface area contributed by atoms with E-state index in [-0.39, 0.29) is 25.6 Å². The third kappa shape index (κ3) is 1.88. The topological polar surface area (TPSA) is 36.9 Å². The summed E-state index contributed by atoms with van der Waals surface area (Å²) in [6.07, 6.45) is 1.81. The molecule has 2 heterocycles. The molecule has 0 amide bonds. The van der Waals surface area contributed by atoms with Crippen LogP contribution in [-0.4, -0.2) is 39.3 Å². The van der Waals surface area contributed by atoms with Gasteiger partial charge in [0.25, 0.3) is 0 Å². The zero-order chi connectivity index (χ0) is 9.26. The van der Waals surface area contributed by atoms with Crippen molar-refractivity contribution < 1.29 is 18.8 Å². The van der Waals surface area contributed by atoms with Gasteiger partial charge in [-0.05, 0) is 6.32 Å². The van der Waals surface area contributed by atoms with Crippen LogP contribution >= 0.6 is 0 Å². The van der Waals surface area contributed by atoms with Crippen LogP contribution in [0.5, 0.6) is 0 Å². The summed E-state index contributed by atoms with van der Waals surface area (Å²) in [6, 6.07) is 0. The highest BCUT2D eigenvalue weighted by molar-refractivity contribution is 6.45. The van der Waals surface area contributed by atoms with Crippen molar-refractivity contribution in [2.75, 3.05) is 13.7 Å². The predicted molar refractivity (Wildman–Crippen MR) is 47.3 cm³/mol. The monoisotopic (exact) mass is 186 g/mol. The average molecular weight is 186 g/mol. The maximum absolute atomic E-state index is 5.66. The Balaban J connectivity index is 1.90. The molecule has 0 bridgehead atoms. The third-order valence-electron chi connectivity index (χ3n) is 2.54. The van der Waals surface area contributed by atoms with Crippen molar-refractivity contribution in [1.29, 1.82) is 0 Å². The molecule has 2 fully saturated rings. The summed E-state index contributed by atoms with van der Waals surface area (Å²) in [5.74, 6) is 0. The van der Waals surface area contributed by atoms with Crippen LogP contribution in [0.25, 0.3) is 0 Å². The normalized spacial score (nSPS) is 39.2. The summed E-state index contributed by atoms with van der Waals surface area (Å²) in [6.45, 7) is 2.64. The van der Waals surface area contributed by atoms with Crippen molar-refractivity contribution in [2.24, 2.45) is 0 Å². The number of hydrogen-bond acceptors (Lipinski definition) is 4. The quantitative estimate of drug-likeness (QED) is 0.594. The van der Waals surface area contributed by atoms with Gasteiger partial charge in [0.05, 0.1) is 18.8 Å². The lowest BCUT2D eigenvalue weighted by Crippen LogP contribution is -2.39. The van der Waals surface area contributed by atoms with Crippen LogP contribution in [0.1, 0.15) is 13.3 Å². The highest BCUT2D eigenvalue weighted by Gasteiger charge is 2.42. The molecule has 0 aromatic heterocycles. The van der Waals surface area contributed by atoms with Gasteiger partial charge in [-0.1, -0.05) is 6.92 Å². The van der Waals surface area contributed by atoms with Crippen molar-refractivity contribution in [3.05, 3.63) is 0 Å². The van der Waals surface area contributed by atoms with Gasteiger partial charge in [0.1, 0.15) is 0 Å². The summed E-state index contributed by atoms with van der Waals surface area (Å²) in [4.78, 5) is 0. The second kappa shape index (κ2) is 3.96. The van der Waals surface area contributed by atoms with Gasteiger partial charge in [-0.3, -0.25) is 0 Å². The Morgan fingerprint density at radius 2 is 2.15 bits per heavy atom. The maximum Gasteiger partial charge on any atom is 0.457 e. The minimum atomic E-state index is -0.125. The largest absolute Gasteiger partial charge is 0.457 e. The predicted octanol–water partition coefficient (Wildman–Crippen LogP) is 0.671. The summed E-state index contributed by atoms with van der Waals surface area (Å²) in [5.41, 5.74) is 0. The molecule has 0 aliphatic carbocycles. The van der Waals surface area contributed by atoms with Crippen LogP contribution in [0.2, 0.25) is 6.32 Å². The molecule has 2 rings (SSSR count). The lowest BCUT2D eigenvalue weighted by molar-refractivity contribution is -0.182. The fraction of sp³-hybridized carbons (Fsp3) is 1.00. The molecule has 2 aliphatic rings. The van der Waals surface area contributed by atoms with E-state index in [4.69, 9.17) is 18.8 Å². The fourth-order valence-electron chi connectivity index (χ4n) is 1.77. The second-order valence-electron chi connectivity index (χ2n) is 3.42. The smallest absolute Gasteiger partial charge is 0.405 e. The van der Waals surface area contributed by atoms with E-state index in [1.54, 1.807) is 7.11 Å². The molecule has 0 saturated carbocycles. The van der Waals surface area contributed by atoms with E-state index in [9.17, 15) is 0 Å². The summed E-state index contributed by atoms with van der Waals surface area (Å²) >= 11 is 0. The zero-order valence-corrected chi connectivity index (χ0v) is 8.06. The van der Waals surface area contributed by atoms with Gasteiger partial charge in [0.15, 0.2) is 6.29 Å². The maximum atomic E-state index is 5.66. The van der Waals surface area contributed by atoms with Crippen LogP contribution in [0, 0.1) is 0 Å². The molecular weight excluding hydrogens is 171 g/mol. The standard InChI is InChI=1S/C8H15BO4/c1-3-9-12-6-4-8(10-2)11-5-7(6)13-9/h6-8H,3-5H2,1-2H3. The molecule has 3 unspecified atom stereocenters. The van der Waals surface area contributed by atoms with Crippen LogP contribution in [0.15, 0.2) is 0 Å². The minimum absolute atomic E-state index is 0.0470. The average Bonchev–Trinajstić information content (AvgIpc) is 2.58. The van der Waals surface area contributed by atoms with Gasteiger partial charge in [0, 0.05) is 13.5 Å². The highest BCUT2D eigenvalue weighted by atomic mass is 16.7. The van der Waals surface area contributed by atoms with Gasteiger partial charge < -0.3 is 18.8 Å². The number of methoxy groups -OCH3 is 1. The van der Waals surface area contributed by atoms with Crippen molar-refractivity contribution in [2.45, 2.75) is 38.2 Å². The molecule has 0 N–H and O–H groups in total. The summed E-state index contributed by atoms with van der Waals surface area (Å²) in [5, 5.41) is 0. The lowest BCUT2D eigenvalue weighted by Gasteiger charge is -2.29. The first kappa shape index (κ1) is 9.46. The van der Waals surface area contributed by atoms with E-state index in [0.717, 1.165) is 12.7 Å². The first-order chi connectivity index (χ1) is 6.33. The molecule has 0 radical (unpaired) electrons. The van der Waals surface area contributed by atoms with E-state index in [1.807, 2.05) is 0 Å². The van der Waals surface area contributed by atoms with Crippen LogP contribution in [0.3, 0.4) is 0 Å². The molecular formula is C8H15BO4. The van der Waals surface area contributed by atoms with E-state index in [2.05, 4.69) is 6.92 Å². The Labute approximate surface area is 78.6 Å². The van der Waals surface area contributed by atoms with Crippen molar-refractivity contribution in [3.63, 3.8) is 0 Å². The lowest BCUT2D eigenvalue weighted by atomic mass is 9.87. The molecule has 5 heteroatoms. The Morgan fingerprint density at radius 3 is 2.85 bits per heavy atom. The molecule has 13 heavy (non-hydrogen) atoms. The molecule has 2 saturated heterocycles. The van der Waals surface area contributed by atoms with Gasteiger partial charge in [-0.15, -0.1) is 0 Å². The minimum Gasteiger partial charge on any atom is -0.405 e. The first-order valence-electron chi connectivity index (χ1n) is 4.78. The highest BCUT2D eigenvalue weighted by Crippen LogP contribution is 2.27. The van der Waals surface area contributed by atoms with Crippen molar-refractivity contribution >= 4 is 7.12 Å². The van der Waals surface area contributed by atoms with Gasteiger partial charge in [0.2, 0.25) is 0 Å². The summed E-state index contributed by atoms with van der Waals surface area (Å²) in [7, 11) is 1.60. The molecule has 4 nitrogen and oxygen atoms in total. The van der Waals surface area contributed by atoms with Crippen LogP contribution in [0.4, 0.5) is 0 Å². The van der Waals surface area contributed by atoms with Crippen LogP contribution < -0.4 is 0 Å². The molecule has 2 aliphatic heterocycles. The molecule has 74 valence electrons. The SMILES string of the molecule is CCB1OC2COC(OC)CC2O1. The number of hydrogen-bond donors (Lipinski definition) is 0. The molecule has 0 spiro atoms. The van der Waals surface area contributed by atoms with Gasteiger partial charge >= 0.3 is 7.12 Å². The van der Waals surface area contributed by atoms with Crippen molar-refractivity contribution in [1.82, 2.24) is 0 Å². The van der Waals surface area contributed by atoms with E-state index < -0.39 is 0 Å². The Hall–Kier alpha value is -0.0951. The van der Waals surface area contributed by atoms with Gasteiger partial charge in [-0.2, -0.15) is 0 Å². The Morgan fingerprint density at radius 1 is 1.38 bits per heavy atom. The summed E-state index contributed by atoms with van der Waals surface area (Å²) < 4.78 is 21.8. The Kier molecular flexibility index (Phi) is 2.88. The molecule has 0 aromatic rings. The molecule has 0 aromatic carbocycles. The van der Waals surface area contributed by atoms with E-state index in [1.165, 1.54) is 0 Å². The first-order valence-corrected chi connectivity index (χ1v) is 4.78. The van der Waals surface area contributed by atoms with E-state index in [0.29, 0.717) is 6.61 Å².